The van der Waals surface area contributed by atoms with E-state index in [-0.39, 0.29) is 6.10 Å². The van der Waals surface area contributed by atoms with E-state index >= 15 is 0 Å². The van der Waals surface area contributed by atoms with Crippen LogP contribution in [0.25, 0.3) is 0 Å². The van der Waals surface area contributed by atoms with Crippen molar-refractivity contribution >= 4 is 5.69 Å². The van der Waals surface area contributed by atoms with Gasteiger partial charge in [-0.3, -0.25) is 4.90 Å². The maximum absolute atomic E-state index is 6.24. The van der Waals surface area contributed by atoms with Gasteiger partial charge in [-0.05, 0) is 43.4 Å². The molecule has 1 N–H and O–H groups in total. The average Bonchev–Trinajstić information content (AvgIpc) is 3.25. The first kappa shape index (κ1) is 18.7. The monoisotopic (exact) mass is 386 g/mol. The van der Waals surface area contributed by atoms with Crippen molar-refractivity contribution < 1.29 is 14.2 Å². The summed E-state index contributed by atoms with van der Waals surface area (Å²) in [4.78, 5) is 2.41. The van der Waals surface area contributed by atoms with Crippen LogP contribution in [0.1, 0.15) is 50.2 Å². The summed E-state index contributed by atoms with van der Waals surface area (Å²) in [7, 11) is 0. The lowest BCUT2D eigenvalue weighted by atomic mass is 9.73. The van der Waals surface area contributed by atoms with Gasteiger partial charge in [0.2, 0.25) is 0 Å². The lowest BCUT2D eigenvalue weighted by Gasteiger charge is -2.42. The maximum atomic E-state index is 6.24. The van der Waals surface area contributed by atoms with Crippen LogP contribution in [-0.4, -0.2) is 57.0 Å². The lowest BCUT2D eigenvalue weighted by Crippen LogP contribution is -2.42. The molecule has 0 unspecified atom stereocenters. The van der Waals surface area contributed by atoms with E-state index in [0.717, 1.165) is 57.7 Å². The third-order valence-corrected chi connectivity index (χ3v) is 7.19. The average molecular weight is 387 g/mol. The summed E-state index contributed by atoms with van der Waals surface area (Å²) in [5, 5.41) is 3.92. The Morgan fingerprint density at radius 3 is 2.75 bits per heavy atom. The molecular weight excluding hydrogens is 352 g/mol. The number of rotatable bonds is 5. The Labute approximate surface area is 168 Å². The number of anilines is 1. The standard InChI is InChI=1S/C23H34N2O3/c1-2-4-17(5-3-1)22-19-8-12-28-23(19)20-16-18(6-7-21(20)24-22)27-15-11-25-9-13-26-14-10-25/h6-7,16-17,19,22-24H,1-5,8-15H2/t19-,22+,23-/m0/s1. The number of ether oxygens (including phenoxy) is 3. The summed E-state index contributed by atoms with van der Waals surface area (Å²) in [6.45, 7) is 6.29. The first-order valence-corrected chi connectivity index (χ1v) is 11.3. The second-order valence-electron chi connectivity index (χ2n) is 8.86. The van der Waals surface area contributed by atoms with Crippen molar-refractivity contribution in [2.75, 3.05) is 51.4 Å². The molecule has 5 nitrogen and oxygen atoms in total. The highest BCUT2D eigenvalue weighted by molar-refractivity contribution is 5.58. The minimum absolute atomic E-state index is 0.242. The zero-order chi connectivity index (χ0) is 18.8. The molecule has 3 fully saturated rings. The quantitative estimate of drug-likeness (QED) is 0.833. The summed E-state index contributed by atoms with van der Waals surface area (Å²) in [6.07, 6.45) is 8.37. The van der Waals surface area contributed by atoms with E-state index in [4.69, 9.17) is 14.2 Å². The molecule has 0 spiro atoms. The van der Waals surface area contributed by atoms with Gasteiger partial charge in [-0.15, -0.1) is 0 Å². The topological polar surface area (TPSA) is 43.0 Å². The number of fused-ring (bicyclic) bond motifs is 3. The second-order valence-corrected chi connectivity index (χ2v) is 8.86. The molecule has 28 heavy (non-hydrogen) atoms. The smallest absolute Gasteiger partial charge is 0.119 e. The summed E-state index contributed by atoms with van der Waals surface area (Å²) in [6, 6.07) is 7.14. The molecule has 3 atom stereocenters. The molecule has 5 heteroatoms. The van der Waals surface area contributed by atoms with Crippen LogP contribution in [0.4, 0.5) is 5.69 Å². The molecule has 3 heterocycles. The van der Waals surface area contributed by atoms with E-state index in [9.17, 15) is 0 Å². The zero-order valence-corrected chi connectivity index (χ0v) is 16.9. The molecule has 1 saturated carbocycles. The van der Waals surface area contributed by atoms with Crippen LogP contribution in [0.3, 0.4) is 0 Å². The van der Waals surface area contributed by atoms with Crippen LogP contribution in [0, 0.1) is 11.8 Å². The minimum atomic E-state index is 0.242. The zero-order valence-electron chi connectivity index (χ0n) is 16.9. The normalized spacial score (nSPS) is 31.1. The van der Waals surface area contributed by atoms with Crippen molar-refractivity contribution in [2.24, 2.45) is 11.8 Å². The highest BCUT2D eigenvalue weighted by atomic mass is 16.5. The van der Waals surface area contributed by atoms with Gasteiger partial charge in [0.1, 0.15) is 12.4 Å². The number of hydrogen-bond acceptors (Lipinski definition) is 5. The summed E-state index contributed by atoms with van der Waals surface area (Å²) in [5.41, 5.74) is 2.57. The fraction of sp³-hybridized carbons (Fsp3) is 0.739. The molecule has 154 valence electrons. The van der Waals surface area contributed by atoms with E-state index < -0.39 is 0 Å². The van der Waals surface area contributed by atoms with E-state index in [1.807, 2.05) is 0 Å². The number of benzene rings is 1. The third-order valence-electron chi connectivity index (χ3n) is 7.19. The van der Waals surface area contributed by atoms with Crippen molar-refractivity contribution in [3.8, 4) is 5.75 Å². The Balaban J connectivity index is 1.26. The van der Waals surface area contributed by atoms with E-state index in [1.54, 1.807) is 0 Å². The van der Waals surface area contributed by atoms with Gasteiger partial charge < -0.3 is 19.5 Å². The fourth-order valence-corrected chi connectivity index (χ4v) is 5.66. The fourth-order valence-electron chi connectivity index (χ4n) is 5.66. The second kappa shape index (κ2) is 8.60. The van der Waals surface area contributed by atoms with Gasteiger partial charge in [-0.2, -0.15) is 0 Å². The summed E-state index contributed by atoms with van der Waals surface area (Å²) in [5.74, 6) is 2.39. The molecule has 3 aliphatic heterocycles. The Kier molecular flexibility index (Phi) is 5.75. The molecule has 0 radical (unpaired) electrons. The van der Waals surface area contributed by atoms with Gasteiger partial charge in [0.05, 0.1) is 19.3 Å². The molecule has 4 aliphatic rings. The third kappa shape index (κ3) is 3.89. The molecule has 2 saturated heterocycles. The van der Waals surface area contributed by atoms with Crippen molar-refractivity contribution in [3.63, 3.8) is 0 Å². The summed E-state index contributed by atoms with van der Waals surface area (Å²) < 4.78 is 17.8. The van der Waals surface area contributed by atoms with Crippen molar-refractivity contribution in [2.45, 2.75) is 50.7 Å². The Morgan fingerprint density at radius 2 is 1.89 bits per heavy atom. The Bertz CT molecular complexity index is 655. The minimum Gasteiger partial charge on any atom is -0.492 e. The first-order valence-electron chi connectivity index (χ1n) is 11.3. The number of nitrogens with zero attached hydrogens (tertiary/aromatic N) is 1. The van der Waals surface area contributed by atoms with Gasteiger partial charge >= 0.3 is 0 Å². The highest BCUT2D eigenvalue weighted by Gasteiger charge is 2.44. The SMILES string of the molecule is c1cc2c(cc1OCCN1CCOCC1)[C@H]1OCC[C@H]1[C@@H](C1CCCCC1)N2. The number of nitrogens with one attached hydrogen (secondary N) is 1. The molecule has 1 aromatic carbocycles. The summed E-state index contributed by atoms with van der Waals surface area (Å²) >= 11 is 0. The van der Waals surface area contributed by atoms with Gasteiger partial charge in [0.25, 0.3) is 0 Å². The number of hydrogen-bond donors (Lipinski definition) is 1. The molecule has 1 aliphatic carbocycles. The largest absolute Gasteiger partial charge is 0.492 e. The molecule has 1 aromatic rings. The van der Waals surface area contributed by atoms with E-state index in [0.29, 0.717) is 12.0 Å². The highest BCUT2D eigenvalue weighted by Crippen LogP contribution is 2.49. The van der Waals surface area contributed by atoms with Crippen LogP contribution < -0.4 is 10.1 Å². The number of morpholine rings is 1. The lowest BCUT2D eigenvalue weighted by molar-refractivity contribution is 0.0322. The van der Waals surface area contributed by atoms with Gasteiger partial charge in [-0.25, -0.2) is 0 Å². The first-order chi connectivity index (χ1) is 13.9. The van der Waals surface area contributed by atoms with Crippen LogP contribution in [0.5, 0.6) is 5.75 Å². The Morgan fingerprint density at radius 1 is 1.04 bits per heavy atom. The molecule has 0 amide bonds. The van der Waals surface area contributed by atoms with Gasteiger partial charge in [-0.1, -0.05) is 19.3 Å². The van der Waals surface area contributed by atoms with E-state index in [1.165, 1.54) is 49.8 Å². The van der Waals surface area contributed by atoms with Crippen LogP contribution >= 0.6 is 0 Å². The Hall–Kier alpha value is -1.30. The van der Waals surface area contributed by atoms with Crippen LogP contribution in [0.2, 0.25) is 0 Å². The van der Waals surface area contributed by atoms with Crippen LogP contribution in [-0.2, 0) is 9.47 Å². The van der Waals surface area contributed by atoms with E-state index in [2.05, 4.69) is 28.4 Å². The van der Waals surface area contributed by atoms with Crippen molar-refractivity contribution in [1.29, 1.82) is 0 Å². The van der Waals surface area contributed by atoms with Gasteiger partial charge in [0.15, 0.2) is 0 Å². The predicted molar refractivity (Wildman–Crippen MR) is 110 cm³/mol. The predicted octanol–water partition coefficient (Wildman–Crippen LogP) is 3.85. The van der Waals surface area contributed by atoms with Crippen LogP contribution in [0.15, 0.2) is 18.2 Å². The van der Waals surface area contributed by atoms with Gasteiger partial charge in [0, 0.05) is 49.5 Å². The molecule has 0 aromatic heterocycles. The molecule has 0 bridgehead atoms. The van der Waals surface area contributed by atoms with Crippen molar-refractivity contribution in [1.82, 2.24) is 4.90 Å². The molecular formula is C23H34N2O3. The maximum Gasteiger partial charge on any atom is 0.119 e. The molecule has 5 rings (SSSR count). The van der Waals surface area contributed by atoms with Crippen molar-refractivity contribution in [3.05, 3.63) is 23.8 Å².